The Labute approximate surface area is 205 Å². The van der Waals surface area contributed by atoms with Gasteiger partial charge in [0.2, 0.25) is 5.91 Å². The third kappa shape index (κ3) is 5.52. The van der Waals surface area contributed by atoms with Gasteiger partial charge < -0.3 is 14.6 Å². The zero-order valence-corrected chi connectivity index (χ0v) is 20.9. The minimum absolute atomic E-state index is 0.0667. The second-order valence-electron chi connectivity index (χ2n) is 7.67. The Bertz CT molecular complexity index is 1320. The predicted octanol–water partition coefficient (Wildman–Crippen LogP) is 5.25. The van der Waals surface area contributed by atoms with Crippen LogP contribution in [-0.2, 0) is 17.9 Å². The first-order chi connectivity index (χ1) is 16.3. The molecule has 0 aliphatic carbocycles. The van der Waals surface area contributed by atoms with Crippen LogP contribution in [0.4, 0.5) is 5.13 Å². The second-order valence-corrected chi connectivity index (χ2v) is 10.0. The summed E-state index contributed by atoms with van der Waals surface area (Å²) < 4.78 is 11.0. The van der Waals surface area contributed by atoms with Crippen LogP contribution in [0.25, 0.3) is 10.6 Å². The van der Waals surface area contributed by atoms with Gasteiger partial charge in [-0.3, -0.25) is 14.9 Å². The average molecular weight is 497 g/mol. The third-order valence-electron chi connectivity index (χ3n) is 5.08. The van der Waals surface area contributed by atoms with Crippen molar-refractivity contribution in [1.82, 2.24) is 15.5 Å². The first-order valence-electron chi connectivity index (χ1n) is 10.6. The number of nitrogens with zero attached hydrogens (tertiary/aromatic N) is 2. The average Bonchev–Trinajstić information content (AvgIpc) is 3.50. The van der Waals surface area contributed by atoms with Gasteiger partial charge in [0.05, 0.1) is 28.4 Å². The number of anilines is 1. The molecule has 176 valence electrons. The Hall–Kier alpha value is -3.50. The monoisotopic (exact) mass is 496 g/mol. The molecule has 0 radical (unpaired) electrons. The topological polar surface area (TPSA) is 106 Å². The Morgan fingerprint density at radius 3 is 2.68 bits per heavy atom. The van der Waals surface area contributed by atoms with E-state index in [-0.39, 0.29) is 11.8 Å². The number of aryl methyl sites for hydroxylation is 3. The van der Waals surface area contributed by atoms with Crippen molar-refractivity contribution in [1.29, 1.82) is 0 Å². The molecule has 0 aliphatic heterocycles. The summed E-state index contributed by atoms with van der Waals surface area (Å²) in [7, 11) is 0. The van der Waals surface area contributed by atoms with Gasteiger partial charge in [0.15, 0.2) is 5.13 Å². The second kappa shape index (κ2) is 10.2. The molecule has 1 aromatic carbocycles. The van der Waals surface area contributed by atoms with E-state index < -0.39 is 0 Å². The number of hydrogen-bond donors (Lipinski definition) is 2. The molecule has 0 saturated carbocycles. The Morgan fingerprint density at radius 2 is 1.94 bits per heavy atom. The fourth-order valence-electron chi connectivity index (χ4n) is 3.25. The van der Waals surface area contributed by atoms with Crippen molar-refractivity contribution in [3.8, 4) is 16.3 Å². The molecule has 0 atom stereocenters. The van der Waals surface area contributed by atoms with E-state index in [1.54, 1.807) is 35.6 Å². The van der Waals surface area contributed by atoms with Gasteiger partial charge in [-0.1, -0.05) is 11.2 Å². The molecule has 8 nitrogen and oxygen atoms in total. The largest absolute Gasteiger partial charge is 0.489 e. The van der Waals surface area contributed by atoms with Crippen LogP contribution < -0.4 is 15.4 Å². The van der Waals surface area contributed by atoms with Crippen molar-refractivity contribution in [3.63, 3.8) is 0 Å². The van der Waals surface area contributed by atoms with E-state index >= 15 is 0 Å². The maximum Gasteiger partial charge on any atom is 0.257 e. The third-order valence-corrected chi connectivity index (χ3v) is 7.06. The number of aromatic nitrogens is 2. The molecule has 10 heteroatoms. The molecule has 2 N–H and O–H groups in total. The van der Waals surface area contributed by atoms with Gasteiger partial charge in [0, 0.05) is 22.2 Å². The Morgan fingerprint density at radius 1 is 1.12 bits per heavy atom. The summed E-state index contributed by atoms with van der Waals surface area (Å²) in [5, 5.41) is 10.1. The molecule has 0 unspecified atom stereocenters. The molecule has 0 aliphatic rings. The molecular formula is C24H24N4O4S2. The highest BCUT2D eigenvalue weighted by molar-refractivity contribution is 7.18. The van der Waals surface area contributed by atoms with E-state index in [9.17, 15) is 9.59 Å². The highest BCUT2D eigenvalue weighted by atomic mass is 32.1. The minimum Gasteiger partial charge on any atom is -0.489 e. The van der Waals surface area contributed by atoms with Crippen LogP contribution in [0.5, 0.6) is 5.75 Å². The van der Waals surface area contributed by atoms with Crippen molar-refractivity contribution < 1.29 is 18.8 Å². The molecule has 0 saturated heterocycles. The summed E-state index contributed by atoms with van der Waals surface area (Å²) in [6, 6.07) is 11.0. The normalized spacial score (nSPS) is 10.8. The van der Waals surface area contributed by atoms with Gasteiger partial charge in [-0.15, -0.1) is 22.7 Å². The van der Waals surface area contributed by atoms with Crippen molar-refractivity contribution in [3.05, 3.63) is 68.7 Å². The summed E-state index contributed by atoms with van der Waals surface area (Å²) in [6.45, 7) is 7.97. The lowest BCUT2D eigenvalue weighted by atomic mass is 10.2. The molecule has 0 bridgehead atoms. The van der Waals surface area contributed by atoms with E-state index in [0.717, 1.165) is 31.6 Å². The molecule has 0 spiro atoms. The molecule has 4 aromatic rings. The summed E-state index contributed by atoms with van der Waals surface area (Å²) in [4.78, 5) is 31.6. The maximum absolute atomic E-state index is 12.9. The molecular weight excluding hydrogens is 472 g/mol. The van der Waals surface area contributed by atoms with Crippen LogP contribution >= 0.6 is 22.7 Å². The Balaban J connectivity index is 1.42. The maximum atomic E-state index is 12.9. The van der Waals surface area contributed by atoms with Gasteiger partial charge in [0.1, 0.15) is 18.1 Å². The standard InChI is InChI=1S/C24H24N4O4S2/c1-13-20(14(2)32-28-13)12-31-18-7-5-6-17(10-18)23(30)27-24-26-22(15(3)33-24)21-9-8-19(34-21)11-25-16(4)29/h5-10H,11-12H2,1-4H3,(H,25,29)(H,26,27,30). The van der Waals surface area contributed by atoms with Crippen LogP contribution in [0.2, 0.25) is 0 Å². The van der Waals surface area contributed by atoms with Crippen molar-refractivity contribution >= 4 is 39.6 Å². The highest BCUT2D eigenvalue weighted by Gasteiger charge is 2.16. The van der Waals surface area contributed by atoms with E-state index in [4.69, 9.17) is 9.26 Å². The first kappa shape index (κ1) is 23.7. The van der Waals surface area contributed by atoms with E-state index in [0.29, 0.717) is 35.4 Å². The number of rotatable bonds is 8. The number of amides is 2. The summed E-state index contributed by atoms with van der Waals surface area (Å²) in [5.41, 5.74) is 2.99. The number of carbonyl (C=O) groups is 2. The lowest BCUT2D eigenvalue weighted by molar-refractivity contribution is -0.119. The van der Waals surface area contributed by atoms with E-state index in [1.165, 1.54) is 18.3 Å². The van der Waals surface area contributed by atoms with Crippen LogP contribution in [-0.4, -0.2) is 22.0 Å². The molecule has 3 aromatic heterocycles. The fourth-order valence-corrected chi connectivity index (χ4v) is 5.13. The Kier molecular flexibility index (Phi) is 7.09. The summed E-state index contributed by atoms with van der Waals surface area (Å²) in [5.74, 6) is 0.965. The highest BCUT2D eigenvalue weighted by Crippen LogP contribution is 2.35. The van der Waals surface area contributed by atoms with Gasteiger partial charge in [-0.25, -0.2) is 4.98 Å². The lowest BCUT2D eigenvalue weighted by Gasteiger charge is -2.08. The first-order valence-corrected chi connectivity index (χ1v) is 12.2. The van der Waals surface area contributed by atoms with Crippen molar-refractivity contribution in [2.75, 3.05) is 5.32 Å². The van der Waals surface area contributed by atoms with Crippen molar-refractivity contribution in [2.24, 2.45) is 0 Å². The van der Waals surface area contributed by atoms with Gasteiger partial charge in [-0.05, 0) is 51.1 Å². The van der Waals surface area contributed by atoms with Crippen LogP contribution in [0.15, 0.2) is 40.9 Å². The van der Waals surface area contributed by atoms with Gasteiger partial charge in [0.25, 0.3) is 5.91 Å². The number of thiazole rings is 1. The number of benzene rings is 1. The van der Waals surface area contributed by atoms with Crippen LogP contribution in [0, 0.1) is 20.8 Å². The smallest absolute Gasteiger partial charge is 0.257 e. The van der Waals surface area contributed by atoms with Crippen molar-refractivity contribution in [2.45, 2.75) is 40.8 Å². The molecule has 34 heavy (non-hydrogen) atoms. The zero-order valence-electron chi connectivity index (χ0n) is 19.2. The van der Waals surface area contributed by atoms with Crippen LogP contribution in [0.3, 0.4) is 0 Å². The van der Waals surface area contributed by atoms with Crippen LogP contribution in [0.1, 0.15) is 44.1 Å². The van der Waals surface area contributed by atoms with Gasteiger partial charge in [-0.2, -0.15) is 0 Å². The minimum atomic E-state index is -0.263. The summed E-state index contributed by atoms with van der Waals surface area (Å²) >= 11 is 2.99. The predicted molar refractivity (Wildman–Crippen MR) is 132 cm³/mol. The van der Waals surface area contributed by atoms with E-state index in [2.05, 4.69) is 20.8 Å². The number of hydrogen-bond acceptors (Lipinski definition) is 8. The molecule has 0 fully saturated rings. The number of ether oxygens (including phenoxy) is 1. The summed E-state index contributed by atoms with van der Waals surface area (Å²) in [6.07, 6.45) is 0. The SMILES string of the molecule is CC(=O)NCc1ccc(-c2nc(NC(=O)c3cccc(OCc4c(C)noc4C)c3)sc2C)s1. The number of thiophene rings is 1. The lowest BCUT2D eigenvalue weighted by Crippen LogP contribution is -2.17. The molecule has 3 heterocycles. The van der Waals surface area contributed by atoms with E-state index in [1.807, 2.05) is 32.9 Å². The fraction of sp³-hybridized carbons (Fsp3) is 0.250. The van der Waals surface area contributed by atoms with Gasteiger partial charge >= 0.3 is 0 Å². The quantitative estimate of drug-likeness (QED) is 0.345. The molecule has 4 rings (SSSR count). The molecule has 2 amide bonds. The number of nitrogens with one attached hydrogen (secondary N) is 2. The zero-order chi connectivity index (χ0) is 24.2. The number of carbonyl (C=O) groups excluding carboxylic acids is 2.